The molecule has 0 fully saturated rings. The predicted molar refractivity (Wildman–Crippen MR) is 123 cm³/mol. The number of para-hydroxylation sites is 2. The first-order valence-corrected chi connectivity index (χ1v) is 10.2. The lowest BCUT2D eigenvalue weighted by Crippen LogP contribution is -2.15. The van der Waals surface area contributed by atoms with Crippen LogP contribution in [0.1, 0.15) is 11.4 Å². The zero-order valence-corrected chi connectivity index (χ0v) is 17.6. The number of fused-ring (bicyclic) bond motifs is 3. The van der Waals surface area contributed by atoms with E-state index >= 15 is 0 Å². The molecule has 0 bridgehead atoms. The molecule has 0 amide bonds. The van der Waals surface area contributed by atoms with Crippen LogP contribution in [0.4, 0.5) is 0 Å². The largest absolute Gasteiger partial charge is 0.383 e. The number of nitrogens with zero attached hydrogens (tertiary/aromatic N) is 8. The Balaban J connectivity index is 1.97. The number of aromatic nitrogens is 6. The molecule has 35 heavy (non-hydrogen) atoms. The summed E-state index contributed by atoms with van der Waals surface area (Å²) in [6.45, 7) is 0. The Kier molecular flexibility index (Phi) is 4.24. The van der Waals surface area contributed by atoms with Gasteiger partial charge in [-0.25, -0.2) is 29.5 Å². The van der Waals surface area contributed by atoms with Crippen LogP contribution in [0, 0.1) is 22.7 Å². The minimum Gasteiger partial charge on any atom is -0.383 e. The van der Waals surface area contributed by atoms with E-state index in [0.717, 1.165) is 0 Å². The molecule has 0 saturated heterocycles. The summed E-state index contributed by atoms with van der Waals surface area (Å²) >= 11 is 0. The molecule has 164 valence electrons. The number of nitriles is 2. The summed E-state index contributed by atoms with van der Waals surface area (Å²) in [5, 5.41) is 19.2. The van der Waals surface area contributed by atoms with Gasteiger partial charge in [-0.05, 0) is 24.3 Å². The smallest absolute Gasteiger partial charge is 0.367 e. The van der Waals surface area contributed by atoms with Gasteiger partial charge in [-0.3, -0.25) is 9.13 Å². The third kappa shape index (κ3) is 2.90. The quantitative estimate of drug-likeness (QED) is 0.355. The average molecular weight is 458 g/mol. The SMILES string of the molecule is N#Cc1nc2c(nc1C#N)n(-c1ccccc1)c1nc3c(=O)oc(=O)c3nc1n2-c1ccccc1. The van der Waals surface area contributed by atoms with E-state index in [0.29, 0.717) is 11.4 Å². The molecule has 0 radical (unpaired) electrons. The number of rotatable bonds is 2. The van der Waals surface area contributed by atoms with Crippen molar-refractivity contribution in [2.45, 2.75) is 0 Å². The molecule has 2 aromatic carbocycles. The van der Waals surface area contributed by atoms with Crippen molar-refractivity contribution in [3.8, 4) is 23.5 Å². The summed E-state index contributed by atoms with van der Waals surface area (Å²) < 4.78 is 7.87. The summed E-state index contributed by atoms with van der Waals surface area (Å²) in [5.74, 6) is 0. The van der Waals surface area contributed by atoms with Crippen molar-refractivity contribution in [2.24, 2.45) is 0 Å². The second-order valence-corrected chi connectivity index (χ2v) is 7.38. The Morgan fingerprint density at radius 2 is 0.971 bits per heavy atom. The summed E-state index contributed by atoms with van der Waals surface area (Å²) in [6.07, 6.45) is 0. The Morgan fingerprint density at radius 3 is 1.34 bits per heavy atom. The predicted octanol–water partition coefficient (Wildman–Crippen LogP) is 2.36. The summed E-state index contributed by atoms with van der Waals surface area (Å²) in [4.78, 5) is 42.4. The number of furan rings is 1. The van der Waals surface area contributed by atoms with Crippen molar-refractivity contribution in [3.63, 3.8) is 0 Å². The van der Waals surface area contributed by atoms with Gasteiger partial charge in [0.15, 0.2) is 45.0 Å². The van der Waals surface area contributed by atoms with Crippen LogP contribution >= 0.6 is 0 Å². The normalized spacial score (nSPS) is 11.0. The molecule has 6 aromatic rings. The van der Waals surface area contributed by atoms with Crippen LogP contribution in [0.3, 0.4) is 0 Å². The first kappa shape index (κ1) is 20.0. The molecule has 0 aliphatic carbocycles. The highest BCUT2D eigenvalue weighted by atomic mass is 16.4. The van der Waals surface area contributed by atoms with E-state index in [-0.39, 0.29) is 45.0 Å². The lowest BCUT2D eigenvalue weighted by molar-refractivity contribution is 0.498. The highest BCUT2D eigenvalue weighted by molar-refractivity contribution is 5.90. The molecule has 4 aromatic heterocycles. The van der Waals surface area contributed by atoms with Gasteiger partial charge in [-0.2, -0.15) is 10.5 Å². The van der Waals surface area contributed by atoms with Crippen LogP contribution in [0.15, 0.2) is 74.7 Å². The maximum Gasteiger partial charge on any atom is 0.367 e. The van der Waals surface area contributed by atoms with E-state index in [9.17, 15) is 20.1 Å². The second-order valence-electron chi connectivity index (χ2n) is 7.38. The zero-order chi connectivity index (χ0) is 24.1. The molecule has 11 heteroatoms. The lowest BCUT2D eigenvalue weighted by Gasteiger charge is -2.19. The van der Waals surface area contributed by atoms with Crippen molar-refractivity contribution in [3.05, 3.63) is 92.9 Å². The van der Waals surface area contributed by atoms with Gasteiger partial charge < -0.3 is 4.42 Å². The van der Waals surface area contributed by atoms with Crippen molar-refractivity contribution in [1.29, 1.82) is 10.5 Å². The Labute approximate surface area is 194 Å². The maximum atomic E-state index is 12.3. The Hall–Kier alpha value is -5.68. The van der Waals surface area contributed by atoms with Gasteiger partial charge in [0.05, 0.1) is 0 Å². The molecular formula is C24H10N8O3. The fraction of sp³-hybridized carbons (Fsp3) is 0. The Bertz CT molecular complexity index is 1870. The third-order valence-electron chi connectivity index (χ3n) is 5.38. The molecule has 6 rings (SSSR count). The van der Waals surface area contributed by atoms with Crippen molar-refractivity contribution in [2.75, 3.05) is 0 Å². The van der Waals surface area contributed by atoms with Crippen LogP contribution in [0.5, 0.6) is 0 Å². The summed E-state index contributed by atoms with van der Waals surface area (Å²) in [5.41, 5.74) is -0.744. The van der Waals surface area contributed by atoms with Gasteiger partial charge in [-0.15, -0.1) is 0 Å². The Morgan fingerprint density at radius 1 is 0.600 bits per heavy atom. The summed E-state index contributed by atoms with van der Waals surface area (Å²) in [6, 6.07) is 21.7. The first-order valence-electron chi connectivity index (χ1n) is 10.2. The van der Waals surface area contributed by atoms with Crippen molar-refractivity contribution < 1.29 is 4.42 Å². The first-order chi connectivity index (χ1) is 17.1. The minimum absolute atomic E-state index is 0.167. The second kappa shape index (κ2) is 7.43. The van der Waals surface area contributed by atoms with Gasteiger partial charge in [0.2, 0.25) is 0 Å². The van der Waals surface area contributed by atoms with Crippen molar-refractivity contribution >= 4 is 33.6 Å². The monoisotopic (exact) mass is 458 g/mol. The van der Waals surface area contributed by atoms with E-state index in [1.54, 1.807) is 57.7 Å². The maximum absolute atomic E-state index is 12.3. The standard InChI is InChI=1S/C24H10N8O3/c25-11-15-16(12-26)28-20-19(27-15)31(13-7-3-1-4-8-13)21-22(32(20)14-9-5-2-6-10-14)30-18-17(29-21)23(33)35-24(18)34/h1-10H. The molecule has 0 unspecified atom stereocenters. The van der Waals surface area contributed by atoms with Crippen LogP contribution in [-0.2, 0) is 0 Å². The van der Waals surface area contributed by atoms with E-state index in [1.807, 2.05) is 24.3 Å². The van der Waals surface area contributed by atoms with Gasteiger partial charge in [0, 0.05) is 11.4 Å². The highest BCUT2D eigenvalue weighted by Gasteiger charge is 2.24. The van der Waals surface area contributed by atoms with Crippen LogP contribution in [0.2, 0.25) is 0 Å². The average Bonchev–Trinajstić information content (AvgIpc) is 3.18. The van der Waals surface area contributed by atoms with E-state index < -0.39 is 11.3 Å². The van der Waals surface area contributed by atoms with Gasteiger partial charge in [0.25, 0.3) is 0 Å². The minimum atomic E-state index is -0.908. The molecule has 0 N–H and O–H groups in total. The molecule has 0 atom stereocenters. The molecule has 4 heterocycles. The topological polar surface area (TPSA) is 156 Å². The molecule has 0 aliphatic heterocycles. The van der Waals surface area contributed by atoms with Gasteiger partial charge in [0.1, 0.15) is 12.1 Å². The highest BCUT2D eigenvalue weighted by Crippen LogP contribution is 2.28. The van der Waals surface area contributed by atoms with E-state index in [1.165, 1.54) is 0 Å². The van der Waals surface area contributed by atoms with Crippen LogP contribution < -0.4 is 11.3 Å². The molecular weight excluding hydrogens is 448 g/mol. The van der Waals surface area contributed by atoms with E-state index in [4.69, 9.17) is 4.42 Å². The fourth-order valence-corrected chi connectivity index (χ4v) is 3.90. The third-order valence-corrected chi connectivity index (χ3v) is 5.38. The van der Waals surface area contributed by atoms with Gasteiger partial charge in [-0.1, -0.05) is 36.4 Å². The lowest BCUT2D eigenvalue weighted by atomic mass is 10.2. The zero-order valence-electron chi connectivity index (χ0n) is 17.6. The summed E-state index contributed by atoms with van der Waals surface area (Å²) in [7, 11) is 0. The van der Waals surface area contributed by atoms with Crippen LogP contribution in [-0.4, -0.2) is 29.1 Å². The molecule has 0 saturated carbocycles. The van der Waals surface area contributed by atoms with E-state index in [2.05, 4.69) is 19.9 Å². The molecule has 11 nitrogen and oxygen atoms in total. The molecule has 0 aliphatic rings. The number of benzene rings is 2. The van der Waals surface area contributed by atoms with Crippen molar-refractivity contribution in [1.82, 2.24) is 29.1 Å². The number of hydrogen-bond donors (Lipinski definition) is 0. The van der Waals surface area contributed by atoms with Gasteiger partial charge >= 0.3 is 11.3 Å². The van der Waals surface area contributed by atoms with Crippen LogP contribution in [0.25, 0.3) is 45.0 Å². The fourth-order valence-electron chi connectivity index (χ4n) is 3.90. The molecule has 0 spiro atoms. The number of hydrogen-bond acceptors (Lipinski definition) is 9.